The van der Waals surface area contributed by atoms with Gasteiger partial charge in [0, 0.05) is 0 Å². The van der Waals surface area contributed by atoms with E-state index in [9.17, 15) is 9.59 Å². The summed E-state index contributed by atoms with van der Waals surface area (Å²) in [6, 6.07) is 0. The Balaban J connectivity index is 0.000000212. The maximum absolute atomic E-state index is 10.0. The van der Waals surface area contributed by atoms with Crippen LogP contribution >= 0.6 is 0 Å². The largest absolute Gasteiger partial charge is 0.393 e. The zero-order valence-corrected chi connectivity index (χ0v) is 5.46. The lowest BCUT2D eigenvalue weighted by molar-refractivity contribution is -0.151. The van der Waals surface area contributed by atoms with Crippen molar-refractivity contribution >= 4 is 11.9 Å². The van der Waals surface area contributed by atoms with Crippen molar-refractivity contribution in [1.29, 1.82) is 0 Å². The van der Waals surface area contributed by atoms with Gasteiger partial charge >= 0.3 is 11.9 Å². The van der Waals surface area contributed by atoms with E-state index < -0.39 is 11.9 Å². The molecular formula is C7H12O4. The van der Waals surface area contributed by atoms with Crippen LogP contribution < -0.4 is 0 Å². The van der Waals surface area contributed by atoms with Gasteiger partial charge in [0.1, 0.15) is 0 Å². The van der Waals surface area contributed by atoms with Crippen molar-refractivity contribution in [2.75, 3.05) is 13.2 Å². The molecule has 2 heterocycles. The minimum Gasteiger partial charge on any atom is -0.393 e. The zero-order chi connectivity index (χ0) is 7.40. The number of carbonyl (C=O) groups excluding carboxylic acids is 2. The molecule has 0 atom stereocenters. The molecule has 4 nitrogen and oxygen atoms in total. The van der Waals surface area contributed by atoms with Crippen LogP contribution in [0.2, 0.25) is 0 Å². The Labute approximate surface area is 65.5 Å². The van der Waals surface area contributed by atoms with Gasteiger partial charge in [-0.05, 0) is 0 Å². The second-order valence-corrected chi connectivity index (χ2v) is 1.96. The summed E-state index contributed by atoms with van der Waals surface area (Å²) >= 11 is 0. The number of carbonyl (C=O) groups is 2. The SMILES string of the molecule is C.C1CO1.O=C1CCC(=O)O1. The third kappa shape index (κ3) is 5.54. The highest BCUT2D eigenvalue weighted by Gasteiger charge is 2.19. The van der Waals surface area contributed by atoms with Crippen molar-refractivity contribution in [2.45, 2.75) is 20.3 Å². The van der Waals surface area contributed by atoms with E-state index in [2.05, 4.69) is 9.47 Å². The van der Waals surface area contributed by atoms with E-state index in [1.807, 2.05) is 0 Å². The predicted octanol–water partition coefficient (Wildman–Crippen LogP) is 0.503. The number of cyclic esters (lactones) is 2. The summed E-state index contributed by atoms with van der Waals surface area (Å²) in [6.45, 7) is 2.00. The molecule has 2 rings (SSSR count). The van der Waals surface area contributed by atoms with E-state index in [0.717, 1.165) is 13.2 Å². The summed E-state index contributed by atoms with van der Waals surface area (Å²) in [6.07, 6.45) is 0.525. The lowest BCUT2D eigenvalue weighted by Gasteiger charge is -1.79. The molecule has 0 aromatic heterocycles. The van der Waals surface area contributed by atoms with Crippen molar-refractivity contribution in [3.63, 3.8) is 0 Å². The smallest absolute Gasteiger partial charge is 0.314 e. The second kappa shape index (κ2) is 4.85. The molecule has 2 aliphatic heterocycles. The maximum atomic E-state index is 10.0. The molecule has 2 aliphatic rings. The van der Waals surface area contributed by atoms with Crippen molar-refractivity contribution in [3.05, 3.63) is 0 Å². The van der Waals surface area contributed by atoms with E-state index in [0.29, 0.717) is 0 Å². The highest BCUT2D eigenvalue weighted by Crippen LogP contribution is 2.03. The molecule has 0 bridgehead atoms. The second-order valence-electron chi connectivity index (χ2n) is 1.96. The van der Waals surface area contributed by atoms with Crippen LogP contribution in [0.1, 0.15) is 20.3 Å². The predicted molar refractivity (Wildman–Crippen MR) is 37.9 cm³/mol. The first kappa shape index (κ1) is 10.1. The molecule has 0 aromatic rings. The van der Waals surface area contributed by atoms with Crippen LogP contribution in [0.5, 0.6) is 0 Å². The average Bonchev–Trinajstić information content (AvgIpc) is 2.67. The number of rotatable bonds is 0. The van der Waals surface area contributed by atoms with Crippen LogP contribution in [-0.4, -0.2) is 25.2 Å². The average molecular weight is 160 g/mol. The highest BCUT2D eigenvalue weighted by atomic mass is 16.6. The number of ether oxygens (including phenoxy) is 2. The van der Waals surface area contributed by atoms with Crippen molar-refractivity contribution in [2.24, 2.45) is 0 Å². The zero-order valence-electron chi connectivity index (χ0n) is 5.46. The first-order valence-corrected chi connectivity index (χ1v) is 3.10. The normalized spacial score (nSPS) is 19.3. The van der Waals surface area contributed by atoms with Crippen LogP contribution in [-0.2, 0) is 19.1 Å². The van der Waals surface area contributed by atoms with Crippen LogP contribution in [0.25, 0.3) is 0 Å². The van der Waals surface area contributed by atoms with Gasteiger partial charge in [-0.3, -0.25) is 9.59 Å². The number of epoxide rings is 1. The monoisotopic (exact) mass is 160 g/mol. The molecule has 0 spiro atoms. The Kier molecular flexibility index (Phi) is 4.45. The Morgan fingerprint density at radius 1 is 1.00 bits per heavy atom. The van der Waals surface area contributed by atoms with Crippen LogP contribution in [0.4, 0.5) is 0 Å². The Bertz CT molecular complexity index is 134. The minimum atomic E-state index is -0.398. The van der Waals surface area contributed by atoms with Gasteiger partial charge in [-0.1, -0.05) is 7.43 Å². The molecule has 4 heteroatoms. The first-order chi connectivity index (χ1) is 4.79. The Hall–Kier alpha value is -0.900. The van der Waals surface area contributed by atoms with E-state index in [1.54, 1.807) is 0 Å². The molecule has 0 aromatic carbocycles. The standard InChI is InChI=1S/C4H4O3.C2H4O.CH4/c5-3-1-2-4(6)7-3;1-2-3-1;/h1-2H2;1-2H2;1H4. The molecule has 0 saturated carbocycles. The third-order valence-corrected chi connectivity index (χ3v) is 0.965. The number of hydrogen-bond donors (Lipinski definition) is 0. The summed E-state index contributed by atoms with van der Waals surface area (Å²) in [5, 5.41) is 0. The molecule has 0 radical (unpaired) electrons. The molecule has 2 fully saturated rings. The molecule has 2 saturated heterocycles. The maximum Gasteiger partial charge on any atom is 0.314 e. The fourth-order valence-electron chi connectivity index (χ4n) is 0.433. The number of hydrogen-bond acceptors (Lipinski definition) is 4. The molecule has 0 unspecified atom stereocenters. The van der Waals surface area contributed by atoms with Crippen LogP contribution in [0.15, 0.2) is 0 Å². The molecular weight excluding hydrogens is 148 g/mol. The fraction of sp³-hybridized carbons (Fsp3) is 0.714. The molecule has 0 aliphatic carbocycles. The quantitative estimate of drug-likeness (QED) is 0.294. The third-order valence-electron chi connectivity index (χ3n) is 0.965. The van der Waals surface area contributed by atoms with Crippen LogP contribution in [0.3, 0.4) is 0 Å². The summed E-state index contributed by atoms with van der Waals surface area (Å²) in [5.41, 5.74) is 0. The lowest BCUT2D eigenvalue weighted by atomic mass is 10.4. The molecule has 11 heavy (non-hydrogen) atoms. The number of esters is 2. The van der Waals surface area contributed by atoms with E-state index in [1.165, 1.54) is 0 Å². The van der Waals surface area contributed by atoms with Crippen molar-refractivity contribution in [3.8, 4) is 0 Å². The first-order valence-electron chi connectivity index (χ1n) is 3.10. The summed E-state index contributed by atoms with van der Waals surface area (Å²) in [5.74, 6) is -0.796. The summed E-state index contributed by atoms with van der Waals surface area (Å²) in [7, 11) is 0. The molecule has 0 N–H and O–H groups in total. The molecule has 64 valence electrons. The van der Waals surface area contributed by atoms with Crippen molar-refractivity contribution < 1.29 is 19.1 Å². The van der Waals surface area contributed by atoms with Crippen LogP contribution in [0, 0.1) is 0 Å². The van der Waals surface area contributed by atoms with Gasteiger partial charge in [-0.15, -0.1) is 0 Å². The minimum absolute atomic E-state index is 0. The van der Waals surface area contributed by atoms with E-state index >= 15 is 0 Å². The van der Waals surface area contributed by atoms with Gasteiger partial charge < -0.3 is 9.47 Å². The van der Waals surface area contributed by atoms with E-state index in [4.69, 9.17) is 0 Å². The van der Waals surface area contributed by atoms with Crippen molar-refractivity contribution in [1.82, 2.24) is 0 Å². The van der Waals surface area contributed by atoms with Gasteiger partial charge in [0.15, 0.2) is 0 Å². The van der Waals surface area contributed by atoms with Gasteiger partial charge in [0.2, 0.25) is 0 Å². The van der Waals surface area contributed by atoms with Gasteiger partial charge in [0.25, 0.3) is 0 Å². The van der Waals surface area contributed by atoms with Gasteiger partial charge in [-0.25, -0.2) is 0 Å². The Morgan fingerprint density at radius 3 is 1.45 bits per heavy atom. The van der Waals surface area contributed by atoms with Gasteiger partial charge in [0.05, 0.1) is 26.1 Å². The lowest BCUT2D eigenvalue weighted by Crippen LogP contribution is -1.94. The van der Waals surface area contributed by atoms with E-state index in [-0.39, 0.29) is 20.3 Å². The van der Waals surface area contributed by atoms with Gasteiger partial charge in [-0.2, -0.15) is 0 Å². The fourth-order valence-corrected chi connectivity index (χ4v) is 0.433. The summed E-state index contributed by atoms with van der Waals surface area (Å²) < 4.78 is 8.58. The highest BCUT2D eigenvalue weighted by molar-refractivity contribution is 5.92. The molecule has 0 amide bonds. The Morgan fingerprint density at radius 2 is 1.36 bits per heavy atom. The topological polar surface area (TPSA) is 55.9 Å². The summed E-state index contributed by atoms with van der Waals surface area (Å²) in [4.78, 5) is 20.0.